The molecule has 0 aromatic heterocycles. The van der Waals surface area contributed by atoms with Gasteiger partial charge in [-0.05, 0) is 24.5 Å². The summed E-state index contributed by atoms with van der Waals surface area (Å²) in [4.78, 5) is 11.7. The normalized spacial score (nSPS) is 10.1. The van der Waals surface area contributed by atoms with Crippen molar-refractivity contribution in [3.63, 3.8) is 0 Å². The van der Waals surface area contributed by atoms with Crippen LogP contribution in [0.25, 0.3) is 0 Å². The first-order valence-corrected chi connectivity index (χ1v) is 6.32. The zero-order valence-corrected chi connectivity index (χ0v) is 10.3. The third-order valence-corrected chi connectivity index (χ3v) is 2.93. The van der Waals surface area contributed by atoms with Crippen molar-refractivity contribution < 1.29 is 9.53 Å². The SMILES string of the molecule is COc1cc(C(=O)CCSC)ccc1Cl. The van der Waals surface area contributed by atoms with Gasteiger partial charge in [-0.25, -0.2) is 0 Å². The molecule has 4 heteroatoms. The van der Waals surface area contributed by atoms with Crippen molar-refractivity contribution in [2.45, 2.75) is 6.42 Å². The van der Waals surface area contributed by atoms with Gasteiger partial charge in [-0.2, -0.15) is 11.8 Å². The number of thioether (sulfide) groups is 1. The molecule has 0 heterocycles. The van der Waals surface area contributed by atoms with Crippen molar-refractivity contribution >= 4 is 29.1 Å². The van der Waals surface area contributed by atoms with E-state index in [1.165, 1.54) is 7.11 Å². The fraction of sp³-hybridized carbons (Fsp3) is 0.364. The Morgan fingerprint density at radius 1 is 1.53 bits per heavy atom. The first kappa shape index (κ1) is 12.4. The maximum Gasteiger partial charge on any atom is 0.163 e. The third-order valence-electron chi connectivity index (χ3n) is 2.01. The van der Waals surface area contributed by atoms with E-state index in [1.54, 1.807) is 30.0 Å². The summed E-state index contributed by atoms with van der Waals surface area (Å²) >= 11 is 7.52. The molecule has 0 unspecified atom stereocenters. The fourth-order valence-corrected chi connectivity index (χ4v) is 1.76. The van der Waals surface area contributed by atoms with Gasteiger partial charge in [0, 0.05) is 17.7 Å². The molecule has 0 aliphatic heterocycles. The van der Waals surface area contributed by atoms with Crippen LogP contribution in [-0.4, -0.2) is 24.9 Å². The molecule has 0 spiro atoms. The largest absolute Gasteiger partial charge is 0.495 e. The topological polar surface area (TPSA) is 26.3 Å². The summed E-state index contributed by atoms with van der Waals surface area (Å²) in [6, 6.07) is 5.10. The number of methoxy groups -OCH3 is 1. The van der Waals surface area contributed by atoms with E-state index >= 15 is 0 Å². The Kier molecular flexibility index (Phi) is 4.99. The molecule has 0 saturated heterocycles. The van der Waals surface area contributed by atoms with Gasteiger partial charge in [-0.3, -0.25) is 4.79 Å². The van der Waals surface area contributed by atoms with E-state index in [-0.39, 0.29) is 5.78 Å². The van der Waals surface area contributed by atoms with Crippen molar-refractivity contribution in [3.8, 4) is 5.75 Å². The van der Waals surface area contributed by atoms with Crippen molar-refractivity contribution in [2.75, 3.05) is 19.1 Å². The molecule has 1 aromatic carbocycles. The molecule has 0 radical (unpaired) electrons. The van der Waals surface area contributed by atoms with Crippen LogP contribution in [-0.2, 0) is 0 Å². The zero-order valence-electron chi connectivity index (χ0n) is 8.75. The van der Waals surface area contributed by atoms with Gasteiger partial charge in [0.2, 0.25) is 0 Å². The van der Waals surface area contributed by atoms with E-state index in [4.69, 9.17) is 16.3 Å². The fourth-order valence-electron chi connectivity index (χ4n) is 1.17. The summed E-state index contributed by atoms with van der Waals surface area (Å²) < 4.78 is 5.05. The van der Waals surface area contributed by atoms with Crippen molar-refractivity contribution in [3.05, 3.63) is 28.8 Å². The molecule has 82 valence electrons. The number of Topliss-reactive ketones (excluding diaryl/α,β-unsaturated/α-hetero) is 1. The number of carbonyl (C=O) groups is 1. The van der Waals surface area contributed by atoms with E-state index in [0.717, 1.165) is 5.75 Å². The molecule has 0 bridgehead atoms. The van der Waals surface area contributed by atoms with Crippen LogP contribution in [0, 0.1) is 0 Å². The molecule has 0 N–H and O–H groups in total. The monoisotopic (exact) mass is 244 g/mol. The van der Waals surface area contributed by atoms with Crippen molar-refractivity contribution in [1.29, 1.82) is 0 Å². The number of ketones is 1. The molecule has 0 atom stereocenters. The lowest BCUT2D eigenvalue weighted by Crippen LogP contribution is -2.00. The van der Waals surface area contributed by atoms with Gasteiger partial charge in [-0.15, -0.1) is 0 Å². The Labute approximate surface area is 99.0 Å². The minimum atomic E-state index is 0.124. The van der Waals surface area contributed by atoms with E-state index in [1.807, 2.05) is 6.26 Å². The maximum absolute atomic E-state index is 11.7. The van der Waals surface area contributed by atoms with Crippen LogP contribution >= 0.6 is 23.4 Å². The second-order valence-corrected chi connectivity index (χ2v) is 4.41. The average Bonchev–Trinajstić information content (AvgIpc) is 2.26. The summed E-state index contributed by atoms with van der Waals surface area (Å²) in [5.74, 6) is 1.51. The van der Waals surface area contributed by atoms with Gasteiger partial charge in [0.25, 0.3) is 0 Å². The van der Waals surface area contributed by atoms with E-state index in [9.17, 15) is 4.79 Å². The van der Waals surface area contributed by atoms with Crippen LogP contribution in [0.15, 0.2) is 18.2 Å². The minimum Gasteiger partial charge on any atom is -0.495 e. The Bertz CT molecular complexity index is 352. The van der Waals surface area contributed by atoms with E-state index in [2.05, 4.69) is 0 Å². The lowest BCUT2D eigenvalue weighted by Gasteiger charge is -2.05. The van der Waals surface area contributed by atoms with Gasteiger partial charge in [0.1, 0.15) is 5.75 Å². The summed E-state index contributed by atoms with van der Waals surface area (Å²) in [6.45, 7) is 0. The van der Waals surface area contributed by atoms with Crippen LogP contribution in [0.4, 0.5) is 0 Å². The first-order chi connectivity index (χ1) is 7.19. The lowest BCUT2D eigenvalue weighted by molar-refractivity contribution is 0.0989. The molecular weight excluding hydrogens is 232 g/mol. The number of carbonyl (C=O) groups excluding carboxylic acids is 1. The highest BCUT2D eigenvalue weighted by molar-refractivity contribution is 7.98. The predicted molar refractivity (Wildman–Crippen MR) is 65.3 cm³/mol. The quantitative estimate of drug-likeness (QED) is 0.744. The Balaban J connectivity index is 2.81. The number of hydrogen-bond acceptors (Lipinski definition) is 3. The van der Waals surface area contributed by atoms with Crippen LogP contribution in [0.1, 0.15) is 16.8 Å². The maximum atomic E-state index is 11.7. The Morgan fingerprint density at radius 3 is 2.87 bits per heavy atom. The minimum absolute atomic E-state index is 0.124. The molecular formula is C11H13ClO2S. The van der Waals surface area contributed by atoms with Crippen LogP contribution < -0.4 is 4.74 Å². The first-order valence-electron chi connectivity index (χ1n) is 4.54. The molecule has 0 fully saturated rings. The lowest BCUT2D eigenvalue weighted by atomic mass is 10.1. The van der Waals surface area contributed by atoms with Crippen molar-refractivity contribution in [2.24, 2.45) is 0 Å². The zero-order chi connectivity index (χ0) is 11.3. The molecule has 0 aliphatic carbocycles. The number of hydrogen-bond donors (Lipinski definition) is 0. The second kappa shape index (κ2) is 6.03. The molecule has 0 amide bonds. The molecule has 0 aliphatic rings. The highest BCUT2D eigenvalue weighted by atomic mass is 35.5. The molecule has 1 aromatic rings. The van der Waals surface area contributed by atoms with Gasteiger partial charge < -0.3 is 4.74 Å². The predicted octanol–water partition coefficient (Wildman–Crippen LogP) is 3.28. The number of ether oxygens (including phenoxy) is 1. The number of rotatable bonds is 5. The average molecular weight is 245 g/mol. The van der Waals surface area contributed by atoms with Gasteiger partial charge in [0.15, 0.2) is 5.78 Å². The standard InChI is InChI=1S/C11H13ClO2S/c1-14-11-7-8(3-4-9(11)12)10(13)5-6-15-2/h3-4,7H,5-6H2,1-2H3. The Morgan fingerprint density at radius 2 is 2.27 bits per heavy atom. The van der Waals surface area contributed by atoms with Gasteiger partial charge in [-0.1, -0.05) is 11.6 Å². The van der Waals surface area contributed by atoms with Gasteiger partial charge in [0.05, 0.1) is 12.1 Å². The van der Waals surface area contributed by atoms with Crippen molar-refractivity contribution in [1.82, 2.24) is 0 Å². The molecule has 2 nitrogen and oxygen atoms in total. The Hall–Kier alpha value is -0.670. The van der Waals surface area contributed by atoms with Crippen LogP contribution in [0.3, 0.4) is 0 Å². The molecule has 1 rings (SSSR count). The van der Waals surface area contributed by atoms with E-state index in [0.29, 0.717) is 22.8 Å². The van der Waals surface area contributed by atoms with Crippen LogP contribution in [0.5, 0.6) is 5.75 Å². The summed E-state index contributed by atoms with van der Waals surface area (Å²) in [5, 5.41) is 0.527. The van der Waals surface area contributed by atoms with Crippen LogP contribution in [0.2, 0.25) is 5.02 Å². The molecule has 15 heavy (non-hydrogen) atoms. The van der Waals surface area contributed by atoms with E-state index < -0.39 is 0 Å². The third kappa shape index (κ3) is 3.43. The summed E-state index contributed by atoms with van der Waals surface area (Å²) in [6.07, 6.45) is 2.53. The van der Waals surface area contributed by atoms with Gasteiger partial charge >= 0.3 is 0 Å². The summed E-state index contributed by atoms with van der Waals surface area (Å²) in [7, 11) is 1.54. The smallest absolute Gasteiger partial charge is 0.163 e. The number of halogens is 1. The number of benzene rings is 1. The highest BCUT2D eigenvalue weighted by Crippen LogP contribution is 2.25. The second-order valence-electron chi connectivity index (χ2n) is 3.02. The summed E-state index contributed by atoms with van der Waals surface area (Å²) in [5.41, 5.74) is 0.658. The highest BCUT2D eigenvalue weighted by Gasteiger charge is 2.08. The molecule has 0 saturated carbocycles.